The maximum absolute atomic E-state index is 12.8. The minimum absolute atomic E-state index is 0.0887. The Kier molecular flexibility index (Phi) is 7.32. The molecular weight excluding hydrogens is 373 g/mol. The highest BCUT2D eigenvalue weighted by Crippen LogP contribution is 2.14. The molecule has 0 saturated carbocycles. The van der Waals surface area contributed by atoms with Crippen LogP contribution in [0.25, 0.3) is 0 Å². The van der Waals surface area contributed by atoms with Crippen LogP contribution >= 0.6 is 0 Å². The maximum atomic E-state index is 12.8. The highest BCUT2D eigenvalue weighted by atomic mass is 32.2. The van der Waals surface area contributed by atoms with Gasteiger partial charge >= 0.3 is 5.97 Å². The van der Waals surface area contributed by atoms with Gasteiger partial charge in [-0.15, -0.1) is 0 Å². The molecule has 8 heteroatoms. The van der Waals surface area contributed by atoms with E-state index in [1.165, 1.54) is 30.3 Å². The van der Waals surface area contributed by atoms with Gasteiger partial charge < -0.3 is 9.47 Å². The van der Waals surface area contributed by atoms with Crippen molar-refractivity contribution in [3.8, 4) is 5.75 Å². The van der Waals surface area contributed by atoms with Crippen molar-refractivity contribution in [1.29, 1.82) is 0 Å². The molecule has 0 aliphatic carbocycles. The minimum atomic E-state index is -3.78. The highest BCUT2D eigenvalue weighted by Gasteiger charge is 2.16. The number of hydrogen-bond donors (Lipinski definition) is 1. The Morgan fingerprint density at radius 1 is 1.04 bits per heavy atom. The van der Waals surface area contributed by atoms with Gasteiger partial charge in [-0.2, -0.15) is 4.72 Å². The second kappa shape index (κ2) is 9.48. The molecule has 146 valence electrons. The number of nitrogens with one attached hydrogen (secondary N) is 1. The molecule has 2 aromatic carbocycles. The number of benzene rings is 2. The molecule has 6 nitrogen and oxygen atoms in total. The molecule has 2 rings (SSSR count). The quantitative estimate of drug-likeness (QED) is 0.522. The van der Waals surface area contributed by atoms with Crippen LogP contribution in [-0.2, 0) is 19.6 Å². The third-order valence-corrected chi connectivity index (χ3v) is 5.23. The second-order valence-corrected chi connectivity index (χ2v) is 7.71. The van der Waals surface area contributed by atoms with Crippen LogP contribution in [0.15, 0.2) is 47.4 Å². The first-order valence-electron chi connectivity index (χ1n) is 8.39. The molecule has 0 bridgehead atoms. The summed E-state index contributed by atoms with van der Waals surface area (Å²) >= 11 is 0. The topological polar surface area (TPSA) is 81.7 Å². The van der Waals surface area contributed by atoms with E-state index in [4.69, 9.17) is 9.47 Å². The van der Waals surface area contributed by atoms with Crippen LogP contribution < -0.4 is 9.46 Å². The predicted molar refractivity (Wildman–Crippen MR) is 98.6 cm³/mol. The Morgan fingerprint density at radius 3 is 2.41 bits per heavy atom. The number of sulfonamides is 1. The molecule has 2 aromatic rings. The van der Waals surface area contributed by atoms with Crippen molar-refractivity contribution >= 4 is 16.0 Å². The number of aryl methyl sites for hydroxylation is 2. The van der Waals surface area contributed by atoms with Crippen LogP contribution in [0.5, 0.6) is 5.75 Å². The smallest absolute Gasteiger partial charge is 0.321 e. The summed E-state index contributed by atoms with van der Waals surface area (Å²) in [6, 6.07) is 10.3. The van der Waals surface area contributed by atoms with E-state index >= 15 is 0 Å². The Morgan fingerprint density at radius 2 is 1.74 bits per heavy atom. The van der Waals surface area contributed by atoms with E-state index in [9.17, 15) is 17.6 Å². The molecule has 0 aliphatic heterocycles. The van der Waals surface area contributed by atoms with Gasteiger partial charge in [0.2, 0.25) is 10.0 Å². The average molecular weight is 395 g/mol. The van der Waals surface area contributed by atoms with E-state index in [2.05, 4.69) is 4.72 Å². The van der Waals surface area contributed by atoms with Gasteiger partial charge in [-0.1, -0.05) is 6.07 Å². The van der Waals surface area contributed by atoms with E-state index in [0.29, 0.717) is 12.2 Å². The number of esters is 1. The summed E-state index contributed by atoms with van der Waals surface area (Å²) in [4.78, 5) is 11.8. The largest absolute Gasteiger partial charge is 0.493 e. The van der Waals surface area contributed by atoms with Crippen LogP contribution in [0.3, 0.4) is 0 Å². The van der Waals surface area contributed by atoms with Crippen molar-refractivity contribution in [3.05, 3.63) is 59.4 Å². The van der Waals surface area contributed by atoms with E-state index in [1.807, 2.05) is 13.8 Å². The van der Waals surface area contributed by atoms with Crippen molar-refractivity contribution in [2.75, 3.05) is 19.8 Å². The predicted octanol–water partition coefficient (Wildman–Crippen LogP) is 2.73. The molecular formula is C19H22FNO5S. The summed E-state index contributed by atoms with van der Waals surface area (Å²) in [5.74, 6) is -0.507. The first-order valence-corrected chi connectivity index (χ1v) is 9.87. The minimum Gasteiger partial charge on any atom is -0.493 e. The van der Waals surface area contributed by atoms with Gasteiger partial charge in [0.15, 0.2) is 0 Å². The SMILES string of the molecule is Cc1ccc(S(=O)(=O)NCC(=O)OCCCOc2ccc(F)cc2)cc1C. The van der Waals surface area contributed by atoms with Crippen molar-refractivity contribution in [2.24, 2.45) is 0 Å². The van der Waals surface area contributed by atoms with Gasteiger partial charge in [-0.25, -0.2) is 12.8 Å². The average Bonchev–Trinajstić information content (AvgIpc) is 2.63. The fourth-order valence-corrected chi connectivity index (χ4v) is 3.19. The summed E-state index contributed by atoms with van der Waals surface area (Å²) in [6.45, 7) is 3.62. The number of ether oxygens (including phenoxy) is 2. The molecule has 0 unspecified atom stereocenters. The van der Waals surface area contributed by atoms with Crippen molar-refractivity contribution in [3.63, 3.8) is 0 Å². The standard InChI is InChI=1S/C19H22FNO5S/c1-14-4-9-18(12-15(14)2)27(23,24)21-13-19(22)26-11-3-10-25-17-7-5-16(20)6-8-17/h4-9,12,21H,3,10-11,13H2,1-2H3. The van der Waals surface area contributed by atoms with Crippen LogP contribution in [0, 0.1) is 19.7 Å². The Bertz CT molecular complexity index is 881. The first-order chi connectivity index (χ1) is 12.8. The number of carbonyl (C=O) groups excluding carboxylic acids is 1. The third kappa shape index (κ3) is 6.65. The molecule has 0 heterocycles. The summed E-state index contributed by atoms with van der Waals surface area (Å²) in [5.41, 5.74) is 1.83. The second-order valence-electron chi connectivity index (χ2n) is 5.95. The van der Waals surface area contributed by atoms with Gasteiger partial charge in [-0.3, -0.25) is 4.79 Å². The molecule has 0 amide bonds. The molecule has 1 N–H and O–H groups in total. The Hall–Kier alpha value is -2.45. The first kappa shape index (κ1) is 20.9. The number of halogens is 1. The Labute approximate surface area is 158 Å². The lowest BCUT2D eigenvalue weighted by atomic mass is 10.1. The zero-order chi connectivity index (χ0) is 19.9. The summed E-state index contributed by atoms with van der Waals surface area (Å²) in [7, 11) is -3.78. The molecule has 0 fully saturated rings. The van der Waals surface area contributed by atoms with Crippen molar-refractivity contribution < 1.29 is 27.1 Å². The summed E-state index contributed by atoms with van der Waals surface area (Å²) < 4.78 is 49.7. The molecule has 0 aromatic heterocycles. The van der Waals surface area contributed by atoms with Crippen LogP contribution in [0.4, 0.5) is 4.39 Å². The van der Waals surface area contributed by atoms with Gasteiger partial charge in [0.1, 0.15) is 18.1 Å². The van der Waals surface area contributed by atoms with Crippen LogP contribution in [0.1, 0.15) is 17.5 Å². The van der Waals surface area contributed by atoms with Gasteiger partial charge in [0, 0.05) is 6.42 Å². The normalized spacial score (nSPS) is 11.2. The van der Waals surface area contributed by atoms with Gasteiger partial charge in [-0.05, 0) is 61.4 Å². The van der Waals surface area contributed by atoms with Crippen LogP contribution in [-0.4, -0.2) is 34.1 Å². The fourth-order valence-electron chi connectivity index (χ4n) is 2.14. The van der Waals surface area contributed by atoms with Crippen molar-refractivity contribution in [2.45, 2.75) is 25.2 Å². The molecule has 0 saturated heterocycles. The molecule has 27 heavy (non-hydrogen) atoms. The summed E-state index contributed by atoms with van der Waals surface area (Å²) in [6.07, 6.45) is 0.424. The highest BCUT2D eigenvalue weighted by molar-refractivity contribution is 7.89. The van der Waals surface area contributed by atoms with Gasteiger partial charge in [0.25, 0.3) is 0 Å². The zero-order valence-corrected chi connectivity index (χ0v) is 16.0. The lowest BCUT2D eigenvalue weighted by Crippen LogP contribution is -2.31. The van der Waals surface area contributed by atoms with E-state index in [0.717, 1.165) is 11.1 Å². The molecule has 0 aliphatic rings. The molecule has 0 spiro atoms. The fraction of sp³-hybridized carbons (Fsp3) is 0.316. The molecule has 0 atom stereocenters. The van der Waals surface area contributed by atoms with Gasteiger partial charge in [0.05, 0.1) is 18.1 Å². The number of hydrogen-bond acceptors (Lipinski definition) is 5. The third-order valence-electron chi connectivity index (χ3n) is 3.83. The monoisotopic (exact) mass is 395 g/mol. The Balaban J connectivity index is 1.69. The molecule has 0 radical (unpaired) electrons. The van der Waals surface area contributed by atoms with E-state index in [-0.39, 0.29) is 23.9 Å². The van der Waals surface area contributed by atoms with Crippen molar-refractivity contribution in [1.82, 2.24) is 4.72 Å². The lowest BCUT2D eigenvalue weighted by molar-refractivity contribution is -0.142. The number of carbonyl (C=O) groups is 1. The van der Waals surface area contributed by atoms with E-state index in [1.54, 1.807) is 12.1 Å². The maximum Gasteiger partial charge on any atom is 0.321 e. The summed E-state index contributed by atoms with van der Waals surface area (Å²) in [5, 5.41) is 0. The zero-order valence-electron chi connectivity index (χ0n) is 15.2. The van der Waals surface area contributed by atoms with E-state index < -0.39 is 22.5 Å². The van der Waals surface area contributed by atoms with Crippen LogP contribution in [0.2, 0.25) is 0 Å². The lowest BCUT2D eigenvalue weighted by Gasteiger charge is -2.09. The number of rotatable bonds is 9.